The Morgan fingerprint density at radius 3 is 2.48 bits per heavy atom. The zero-order valence-electron chi connectivity index (χ0n) is 15.5. The van der Waals surface area contributed by atoms with Gasteiger partial charge in [0.15, 0.2) is 0 Å². The van der Waals surface area contributed by atoms with Crippen LogP contribution in [0, 0.1) is 0 Å². The molecule has 3 aromatic carbocycles. The van der Waals surface area contributed by atoms with Gasteiger partial charge in [-0.2, -0.15) is 0 Å². The summed E-state index contributed by atoms with van der Waals surface area (Å²) in [4.78, 5) is 19.0. The number of aromatic nitrogens is 1. The number of carbonyl (C=O) groups is 1. The summed E-state index contributed by atoms with van der Waals surface area (Å²) < 4.78 is 0. The van der Waals surface area contributed by atoms with E-state index in [1.807, 2.05) is 29.2 Å². The van der Waals surface area contributed by atoms with E-state index >= 15 is 0 Å². The summed E-state index contributed by atoms with van der Waals surface area (Å²) in [6.45, 7) is 0.632. The Kier molecular flexibility index (Phi) is 4.57. The number of nitrogens with zero attached hydrogens (tertiary/aromatic N) is 1. The Balaban J connectivity index is 1.65. The van der Waals surface area contributed by atoms with Gasteiger partial charge in [-0.05, 0) is 41.8 Å². The molecule has 0 saturated heterocycles. The minimum absolute atomic E-state index is 0.0540. The third kappa shape index (κ3) is 3.11. The standard InChI is InChI=1S/C24H18Cl2N2O/c25-19-11-10-16(14-20(19)26)24(29)28-13-12-18-17-8-4-5-9-21(17)27-22(18)23(28)15-6-2-1-3-7-15/h1-11,14,23,27H,12-13H2/t23-/m1/s1. The molecule has 144 valence electrons. The van der Waals surface area contributed by atoms with Crippen molar-refractivity contribution in [3.05, 3.63) is 105 Å². The molecule has 1 aliphatic heterocycles. The molecule has 1 aliphatic rings. The number of benzene rings is 3. The average molecular weight is 421 g/mol. The molecule has 5 rings (SSSR count). The van der Waals surface area contributed by atoms with Crippen LogP contribution in [0.25, 0.3) is 10.9 Å². The van der Waals surface area contributed by atoms with Crippen LogP contribution < -0.4 is 0 Å². The summed E-state index contributed by atoms with van der Waals surface area (Å²) >= 11 is 12.2. The van der Waals surface area contributed by atoms with Gasteiger partial charge in [-0.25, -0.2) is 0 Å². The number of rotatable bonds is 2. The van der Waals surface area contributed by atoms with E-state index in [1.54, 1.807) is 18.2 Å². The lowest BCUT2D eigenvalue weighted by atomic mass is 9.91. The predicted octanol–water partition coefficient (Wildman–Crippen LogP) is 6.26. The van der Waals surface area contributed by atoms with Crippen LogP contribution in [-0.2, 0) is 6.42 Å². The normalized spacial score (nSPS) is 16.1. The number of nitrogens with one attached hydrogen (secondary N) is 1. The fourth-order valence-electron chi connectivity index (χ4n) is 4.24. The van der Waals surface area contributed by atoms with Crippen LogP contribution in [0.3, 0.4) is 0 Å². The van der Waals surface area contributed by atoms with Gasteiger partial charge in [-0.3, -0.25) is 4.79 Å². The third-order valence-electron chi connectivity index (χ3n) is 5.58. The van der Waals surface area contributed by atoms with E-state index in [2.05, 4.69) is 35.3 Å². The van der Waals surface area contributed by atoms with Crippen LogP contribution in [0.2, 0.25) is 10.0 Å². The number of fused-ring (bicyclic) bond motifs is 3. The number of para-hydroxylation sites is 1. The topological polar surface area (TPSA) is 36.1 Å². The Morgan fingerprint density at radius 2 is 1.69 bits per heavy atom. The van der Waals surface area contributed by atoms with E-state index in [0.29, 0.717) is 22.2 Å². The summed E-state index contributed by atoms with van der Waals surface area (Å²) in [7, 11) is 0. The van der Waals surface area contributed by atoms with E-state index in [0.717, 1.165) is 23.2 Å². The summed E-state index contributed by atoms with van der Waals surface area (Å²) in [5, 5.41) is 2.06. The van der Waals surface area contributed by atoms with Crippen molar-refractivity contribution < 1.29 is 4.79 Å². The van der Waals surface area contributed by atoms with Gasteiger partial charge < -0.3 is 9.88 Å². The molecule has 0 saturated carbocycles. The molecule has 0 fully saturated rings. The lowest BCUT2D eigenvalue weighted by Crippen LogP contribution is -2.40. The minimum Gasteiger partial charge on any atom is -0.356 e. The molecule has 4 aromatic rings. The first-order valence-electron chi connectivity index (χ1n) is 9.54. The summed E-state index contributed by atoms with van der Waals surface area (Å²) in [6.07, 6.45) is 0.801. The molecular formula is C24H18Cl2N2O. The predicted molar refractivity (Wildman–Crippen MR) is 118 cm³/mol. The van der Waals surface area contributed by atoms with Crippen LogP contribution in [0.4, 0.5) is 0 Å². The molecule has 0 unspecified atom stereocenters. The Hall–Kier alpha value is -2.75. The second-order valence-electron chi connectivity index (χ2n) is 7.25. The lowest BCUT2D eigenvalue weighted by Gasteiger charge is -2.36. The number of carbonyl (C=O) groups excluding carboxylic acids is 1. The Labute approximate surface area is 178 Å². The van der Waals surface area contributed by atoms with Crippen LogP contribution in [0.5, 0.6) is 0 Å². The molecule has 29 heavy (non-hydrogen) atoms. The van der Waals surface area contributed by atoms with E-state index in [4.69, 9.17) is 23.2 Å². The molecule has 3 nitrogen and oxygen atoms in total. The van der Waals surface area contributed by atoms with Crippen molar-refractivity contribution in [2.45, 2.75) is 12.5 Å². The van der Waals surface area contributed by atoms with Gasteiger partial charge in [0.1, 0.15) is 0 Å². The van der Waals surface area contributed by atoms with Gasteiger partial charge >= 0.3 is 0 Å². The molecule has 0 bridgehead atoms. The Morgan fingerprint density at radius 1 is 0.931 bits per heavy atom. The number of amides is 1. The van der Waals surface area contributed by atoms with Gasteiger partial charge in [0, 0.05) is 28.7 Å². The van der Waals surface area contributed by atoms with E-state index in [1.165, 1.54) is 10.9 Å². The van der Waals surface area contributed by atoms with Crippen molar-refractivity contribution in [3.63, 3.8) is 0 Å². The van der Waals surface area contributed by atoms with Gasteiger partial charge in [0.25, 0.3) is 5.91 Å². The van der Waals surface area contributed by atoms with E-state index < -0.39 is 0 Å². The van der Waals surface area contributed by atoms with Crippen molar-refractivity contribution in [1.29, 1.82) is 0 Å². The number of H-pyrrole nitrogens is 1. The first kappa shape index (κ1) is 18.3. The molecule has 5 heteroatoms. The molecule has 0 radical (unpaired) electrons. The fraction of sp³-hybridized carbons (Fsp3) is 0.125. The number of aromatic amines is 1. The highest BCUT2D eigenvalue weighted by molar-refractivity contribution is 6.42. The molecule has 0 aliphatic carbocycles. The fourth-order valence-corrected chi connectivity index (χ4v) is 4.53. The van der Waals surface area contributed by atoms with Crippen LogP contribution in [-0.4, -0.2) is 22.3 Å². The molecule has 1 atom stereocenters. The molecule has 1 amide bonds. The lowest BCUT2D eigenvalue weighted by molar-refractivity contribution is 0.0692. The quantitative estimate of drug-likeness (QED) is 0.407. The highest BCUT2D eigenvalue weighted by atomic mass is 35.5. The van der Waals surface area contributed by atoms with Crippen molar-refractivity contribution in [2.24, 2.45) is 0 Å². The van der Waals surface area contributed by atoms with Crippen molar-refractivity contribution >= 4 is 40.0 Å². The molecule has 0 spiro atoms. The first-order valence-corrected chi connectivity index (χ1v) is 10.3. The highest BCUT2D eigenvalue weighted by Crippen LogP contribution is 2.39. The number of halogens is 2. The first-order chi connectivity index (χ1) is 14.1. The van der Waals surface area contributed by atoms with Crippen LogP contribution in [0.1, 0.15) is 33.2 Å². The van der Waals surface area contributed by atoms with Crippen molar-refractivity contribution in [3.8, 4) is 0 Å². The molecular weight excluding hydrogens is 403 g/mol. The van der Waals surface area contributed by atoms with Gasteiger partial charge in [0.05, 0.1) is 16.1 Å². The SMILES string of the molecule is O=C(c1ccc(Cl)c(Cl)c1)N1CCc2c([nH]c3ccccc23)[C@H]1c1ccccc1. The molecule has 2 heterocycles. The maximum atomic E-state index is 13.5. The smallest absolute Gasteiger partial charge is 0.254 e. The maximum absolute atomic E-state index is 13.5. The molecule has 1 N–H and O–H groups in total. The maximum Gasteiger partial charge on any atom is 0.254 e. The van der Waals surface area contributed by atoms with Gasteiger partial charge in [-0.1, -0.05) is 71.7 Å². The number of hydrogen-bond donors (Lipinski definition) is 1. The van der Waals surface area contributed by atoms with Gasteiger partial charge in [-0.15, -0.1) is 0 Å². The second kappa shape index (κ2) is 7.25. The third-order valence-corrected chi connectivity index (χ3v) is 6.32. The highest BCUT2D eigenvalue weighted by Gasteiger charge is 2.34. The van der Waals surface area contributed by atoms with E-state index in [9.17, 15) is 4.79 Å². The number of hydrogen-bond acceptors (Lipinski definition) is 1. The molecule has 1 aromatic heterocycles. The average Bonchev–Trinajstić information content (AvgIpc) is 3.14. The summed E-state index contributed by atoms with van der Waals surface area (Å²) in [6, 6.07) is 23.3. The summed E-state index contributed by atoms with van der Waals surface area (Å²) in [5.74, 6) is -0.0540. The van der Waals surface area contributed by atoms with Gasteiger partial charge in [0.2, 0.25) is 0 Å². The summed E-state index contributed by atoms with van der Waals surface area (Å²) in [5.41, 5.74) is 5.08. The zero-order valence-corrected chi connectivity index (χ0v) is 17.0. The van der Waals surface area contributed by atoms with Crippen molar-refractivity contribution in [1.82, 2.24) is 9.88 Å². The monoisotopic (exact) mass is 420 g/mol. The minimum atomic E-state index is -0.186. The van der Waals surface area contributed by atoms with Crippen LogP contribution in [0.15, 0.2) is 72.8 Å². The van der Waals surface area contributed by atoms with Crippen LogP contribution >= 0.6 is 23.2 Å². The zero-order chi connectivity index (χ0) is 20.0. The Bertz CT molecular complexity index is 1220. The second-order valence-corrected chi connectivity index (χ2v) is 8.07. The van der Waals surface area contributed by atoms with Crippen molar-refractivity contribution in [2.75, 3.05) is 6.54 Å². The van der Waals surface area contributed by atoms with E-state index in [-0.39, 0.29) is 11.9 Å². The largest absolute Gasteiger partial charge is 0.356 e.